The van der Waals surface area contributed by atoms with Crippen LogP contribution in [0.1, 0.15) is 51.5 Å². The molecule has 2 heterocycles. The van der Waals surface area contributed by atoms with E-state index in [0.717, 1.165) is 37.7 Å². The highest BCUT2D eigenvalue weighted by Gasteiger charge is 2.41. The van der Waals surface area contributed by atoms with Gasteiger partial charge in [-0.05, 0) is 48.5 Å². The van der Waals surface area contributed by atoms with Crippen LogP contribution < -0.4 is 10.6 Å². The topological polar surface area (TPSA) is 97.9 Å². The Morgan fingerprint density at radius 3 is 2.19 bits per heavy atom. The number of hydrogen-bond acceptors (Lipinski definition) is 5. The lowest BCUT2D eigenvalue weighted by atomic mass is 9.60. The van der Waals surface area contributed by atoms with Crippen LogP contribution in [0.5, 0.6) is 0 Å². The number of amides is 2. The van der Waals surface area contributed by atoms with Gasteiger partial charge in [0.15, 0.2) is 5.82 Å². The molecule has 32 heavy (non-hydrogen) atoms. The van der Waals surface area contributed by atoms with E-state index in [1.807, 2.05) is 0 Å². The highest BCUT2D eigenvalue weighted by molar-refractivity contribution is 5.90. The van der Waals surface area contributed by atoms with E-state index < -0.39 is 6.03 Å². The standard InChI is InChI=1S/C25H30N6O/c1-3-25(20-7-5-4-6-8-20)11-9-24(2,10-12-25)17-31(23(26)32)21-15-29-22(30-16-21)19-13-27-18-28-14-19/h4-8,13-16,18H,3,9-12,17H2,1-2H3,(H2,26,32). The van der Waals surface area contributed by atoms with Gasteiger partial charge in [-0.15, -0.1) is 0 Å². The Bertz CT molecular complexity index is 1030. The van der Waals surface area contributed by atoms with Gasteiger partial charge in [-0.25, -0.2) is 24.7 Å². The minimum absolute atomic E-state index is 0.0194. The van der Waals surface area contributed by atoms with E-state index in [-0.39, 0.29) is 10.8 Å². The van der Waals surface area contributed by atoms with Gasteiger partial charge in [-0.3, -0.25) is 4.90 Å². The first-order chi connectivity index (χ1) is 15.4. The first-order valence-electron chi connectivity index (χ1n) is 11.1. The molecule has 0 aliphatic heterocycles. The molecule has 2 N–H and O–H groups in total. The van der Waals surface area contributed by atoms with Crippen molar-refractivity contribution in [3.63, 3.8) is 0 Å². The van der Waals surface area contributed by atoms with Crippen molar-refractivity contribution >= 4 is 11.7 Å². The average molecular weight is 431 g/mol. The molecule has 0 unspecified atom stereocenters. The van der Waals surface area contributed by atoms with Gasteiger partial charge in [-0.2, -0.15) is 0 Å². The summed E-state index contributed by atoms with van der Waals surface area (Å²) < 4.78 is 0. The highest BCUT2D eigenvalue weighted by Crippen LogP contribution is 2.49. The van der Waals surface area contributed by atoms with Gasteiger partial charge < -0.3 is 5.73 Å². The van der Waals surface area contributed by atoms with Crippen molar-refractivity contribution in [1.29, 1.82) is 0 Å². The molecular weight excluding hydrogens is 400 g/mol. The quantitative estimate of drug-likeness (QED) is 0.609. The third-order valence-electron chi connectivity index (χ3n) is 7.05. The molecule has 1 aliphatic rings. The predicted molar refractivity (Wildman–Crippen MR) is 125 cm³/mol. The Labute approximate surface area is 189 Å². The number of urea groups is 1. The molecular formula is C25H30N6O. The summed E-state index contributed by atoms with van der Waals surface area (Å²) in [4.78, 5) is 30.8. The Morgan fingerprint density at radius 2 is 1.62 bits per heavy atom. The third kappa shape index (κ3) is 4.47. The van der Waals surface area contributed by atoms with Crippen molar-refractivity contribution in [1.82, 2.24) is 19.9 Å². The summed E-state index contributed by atoms with van der Waals surface area (Å²) in [7, 11) is 0. The second-order valence-electron chi connectivity index (χ2n) is 9.13. The summed E-state index contributed by atoms with van der Waals surface area (Å²) >= 11 is 0. The molecule has 0 atom stereocenters. The normalized spacial score (nSPS) is 22.9. The van der Waals surface area contributed by atoms with Crippen LogP contribution in [0.3, 0.4) is 0 Å². The lowest BCUT2D eigenvalue weighted by Crippen LogP contribution is -2.46. The summed E-state index contributed by atoms with van der Waals surface area (Å²) in [5, 5.41) is 0. The smallest absolute Gasteiger partial charge is 0.319 e. The predicted octanol–water partition coefficient (Wildman–Crippen LogP) is 4.75. The number of benzene rings is 1. The minimum atomic E-state index is -0.485. The van der Waals surface area contributed by atoms with Crippen molar-refractivity contribution in [2.24, 2.45) is 11.1 Å². The fourth-order valence-corrected chi connectivity index (χ4v) is 4.83. The van der Waals surface area contributed by atoms with Gasteiger partial charge in [0, 0.05) is 18.9 Å². The van der Waals surface area contributed by atoms with E-state index in [0.29, 0.717) is 18.1 Å². The maximum atomic E-state index is 12.3. The molecule has 7 nitrogen and oxygen atoms in total. The van der Waals surface area contributed by atoms with Crippen LogP contribution in [0.2, 0.25) is 0 Å². The summed E-state index contributed by atoms with van der Waals surface area (Å²) in [6.45, 7) is 5.08. The van der Waals surface area contributed by atoms with Gasteiger partial charge in [0.05, 0.1) is 23.6 Å². The van der Waals surface area contributed by atoms with E-state index in [9.17, 15) is 4.79 Å². The summed E-state index contributed by atoms with van der Waals surface area (Å²) in [5.41, 5.74) is 8.72. The van der Waals surface area contributed by atoms with Crippen molar-refractivity contribution in [2.75, 3.05) is 11.4 Å². The molecule has 1 aromatic carbocycles. The van der Waals surface area contributed by atoms with Crippen molar-refractivity contribution in [3.8, 4) is 11.4 Å². The lowest BCUT2D eigenvalue weighted by molar-refractivity contribution is 0.145. The summed E-state index contributed by atoms with van der Waals surface area (Å²) in [6, 6.07) is 10.3. The third-order valence-corrected chi connectivity index (χ3v) is 7.05. The van der Waals surface area contributed by atoms with Crippen molar-refractivity contribution < 1.29 is 4.79 Å². The second kappa shape index (κ2) is 9.02. The van der Waals surface area contributed by atoms with Crippen LogP contribution in [-0.4, -0.2) is 32.5 Å². The zero-order valence-electron chi connectivity index (χ0n) is 18.7. The maximum absolute atomic E-state index is 12.3. The molecule has 1 fully saturated rings. The molecule has 7 heteroatoms. The molecule has 1 saturated carbocycles. The number of carbonyl (C=O) groups is 1. The first-order valence-corrected chi connectivity index (χ1v) is 11.1. The number of primary amides is 1. The number of hydrogen-bond donors (Lipinski definition) is 1. The maximum Gasteiger partial charge on any atom is 0.319 e. The van der Waals surface area contributed by atoms with E-state index in [4.69, 9.17) is 5.73 Å². The summed E-state index contributed by atoms with van der Waals surface area (Å²) in [6.07, 6.45) is 13.4. The number of nitrogens with zero attached hydrogens (tertiary/aromatic N) is 5. The molecule has 0 bridgehead atoms. The van der Waals surface area contributed by atoms with Crippen molar-refractivity contribution in [3.05, 3.63) is 67.0 Å². The zero-order valence-corrected chi connectivity index (χ0v) is 18.7. The number of rotatable bonds is 6. The molecule has 0 saturated heterocycles. The molecule has 3 aromatic rings. The monoisotopic (exact) mass is 430 g/mol. The Kier molecular flexibility index (Phi) is 6.17. The van der Waals surface area contributed by atoms with Gasteiger partial charge in [0.2, 0.25) is 0 Å². The average Bonchev–Trinajstić information content (AvgIpc) is 2.84. The Morgan fingerprint density at radius 1 is 1.00 bits per heavy atom. The molecule has 2 aromatic heterocycles. The van der Waals surface area contributed by atoms with E-state index in [1.54, 1.807) is 29.7 Å². The summed E-state index contributed by atoms with van der Waals surface area (Å²) in [5.74, 6) is 0.512. The van der Waals surface area contributed by atoms with E-state index in [1.165, 1.54) is 11.9 Å². The van der Waals surface area contributed by atoms with Crippen LogP contribution in [-0.2, 0) is 5.41 Å². The van der Waals surface area contributed by atoms with Crippen LogP contribution >= 0.6 is 0 Å². The number of nitrogens with two attached hydrogens (primary N) is 1. The molecule has 0 spiro atoms. The van der Waals surface area contributed by atoms with Gasteiger partial charge in [-0.1, -0.05) is 44.2 Å². The highest BCUT2D eigenvalue weighted by atomic mass is 16.2. The molecule has 2 amide bonds. The van der Waals surface area contributed by atoms with Crippen LogP contribution in [0.15, 0.2) is 61.4 Å². The number of carbonyl (C=O) groups excluding carboxylic acids is 1. The van der Waals surface area contributed by atoms with Crippen molar-refractivity contribution in [2.45, 2.75) is 51.4 Å². The van der Waals surface area contributed by atoms with E-state index >= 15 is 0 Å². The largest absolute Gasteiger partial charge is 0.351 e. The minimum Gasteiger partial charge on any atom is -0.351 e. The second-order valence-corrected chi connectivity index (χ2v) is 9.13. The Balaban J connectivity index is 1.49. The zero-order chi connectivity index (χ0) is 22.6. The van der Waals surface area contributed by atoms with Gasteiger partial charge in [0.25, 0.3) is 0 Å². The number of anilines is 1. The fraction of sp³-hybridized carbons (Fsp3) is 0.400. The first kappa shape index (κ1) is 21.9. The lowest BCUT2D eigenvalue weighted by Gasteiger charge is -2.46. The number of aromatic nitrogens is 4. The van der Waals surface area contributed by atoms with Crippen LogP contribution in [0.4, 0.5) is 10.5 Å². The van der Waals surface area contributed by atoms with Gasteiger partial charge >= 0.3 is 6.03 Å². The van der Waals surface area contributed by atoms with Crippen LogP contribution in [0, 0.1) is 5.41 Å². The fourth-order valence-electron chi connectivity index (χ4n) is 4.83. The van der Waals surface area contributed by atoms with Crippen LogP contribution in [0.25, 0.3) is 11.4 Å². The Hall–Kier alpha value is -3.35. The van der Waals surface area contributed by atoms with E-state index in [2.05, 4.69) is 64.1 Å². The SMILES string of the molecule is CCC1(c2ccccc2)CCC(C)(CN(C(N)=O)c2cnc(-c3cncnc3)nc2)CC1. The molecule has 0 radical (unpaired) electrons. The molecule has 166 valence electrons. The molecule has 1 aliphatic carbocycles. The van der Waals surface area contributed by atoms with Gasteiger partial charge in [0.1, 0.15) is 6.33 Å². The molecule has 4 rings (SSSR count).